The summed E-state index contributed by atoms with van der Waals surface area (Å²) in [5.41, 5.74) is 3.63. The minimum atomic E-state index is -4.21. The fraction of sp³-hybridized carbons (Fsp3) is 0.786. The second-order valence-corrected chi connectivity index (χ2v) is 13.6. The van der Waals surface area contributed by atoms with Gasteiger partial charge in [-0.25, -0.2) is 0 Å². The van der Waals surface area contributed by atoms with Crippen molar-refractivity contribution in [2.75, 3.05) is 13.2 Å². The van der Waals surface area contributed by atoms with Gasteiger partial charge in [0, 0.05) is 0 Å². The van der Waals surface area contributed by atoms with Gasteiger partial charge < -0.3 is 18.8 Å². The van der Waals surface area contributed by atoms with Crippen LogP contribution in [0.2, 0.25) is 0 Å². The highest BCUT2D eigenvalue weighted by Gasteiger charge is 2.27. The van der Waals surface area contributed by atoms with Gasteiger partial charge in [0.25, 0.3) is 0 Å². The maximum absolute atomic E-state index is 13.4. The number of rotatable bonds is 22. The maximum Gasteiger partial charge on any atom is 0.335 e. The summed E-state index contributed by atoms with van der Waals surface area (Å²) in [5, 5.41) is 0. The first-order valence-corrected chi connectivity index (χ1v) is 17.8. The smallest absolute Gasteiger partial charge is 0.324 e. The van der Waals surface area contributed by atoms with E-state index in [2.05, 4.69) is 13.8 Å². The highest BCUT2D eigenvalue weighted by molar-refractivity contribution is 7.53. The van der Waals surface area contributed by atoms with Crippen molar-refractivity contribution in [3.05, 3.63) is 34.4 Å². The fourth-order valence-electron chi connectivity index (χ4n) is 4.70. The van der Waals surface area contributed by atoms with Gasteiger partial charge in [0.2, 0.25) is 0 Å². The highest BCUT2D eigenvalue weighted by atomic mass is 31.2. The van der Waals surface area contributed by atoms with E-state index in [1.807, 2.05) is 26.0 Å². The Hall–Kier alpha value is -0.480. The van der Waals surface area contributed by atoms with E-state index in [0.717, 1.165) is 60.8 Å². The molecule has 0 saturated heterocycles. The Labute approximate surface area is 220 Å². The van der Waals surface area contributed by atoms with Gasteiger partial charge in [0.05, 0.1) is 25.5 Å². The van der Waals surface area contributed by atoms with E-state index in [4.69, 9.17) is 9.05 Å². The predicted octanol–water partition coefficient (Wildman–Crippen LogP) is 8.94. The van der Waals surface area contributed by atoms with E-state index >= 15 is 0 Å². The minimum Gasteiger partial charge on any atom is -0.324 e. The Balaban J connectivity index is 3.21. The van der Waals surface area contributed by atoms with Gasteiger partial charge in [-0.2, -0.15) is 0 Å². The molecule has 1 rings (SSSR count). The lowest BCUT2D eigenvalue weighted by Gasteiger charge is -2.21. The van der Waals surface area contributed by atoms with E-state index in [9.17, 15) is 18.9 Å². The zero-order chi connectivity index (χ0) is 26.9. The topological polar surface area (TPSA) is 93.1 Å². The van der Waals surface area contributed by atoms with Gasteiger partial charge in [-0.3, -0.25) is 9.13 Å². The van der Waals surface area contributed by atoms with Crippen molar-refractivity contribution in [2.24, 2.45) is 0 Å². The Bertz CT molecular complexity index is 811. The van der Waals surface area contributed by atoms with Crippen LogP contribution in [0.25, 0.3) is 0 Å². The molecule has 0 amide bonds. The van der Waals surface area contributed by atoms with Crippen molar-refractivity contribution >= 4 is 15.2 Å². The third-order valence-corrected chi connectivity index (χ3v) is 9.30. The molecule has 0 aliphatic heterocycles. The maximum atomic E-state index is 13.4. The summed E-state index contributed by atoms with van der Waals surface area (Å²) < 4.78 is 36.6. The Morgan fingerprint density at radius 2 is 0.972 bits per heavy atom. The first kappa shape index (κ1) is 33.5. The first-order chi connectivity index (χ1) is 17.2. The summed E-state index contributed by atoms with van der Waals surface area (Å²) >= 11 is 0. The van der Waals surface area contributed by atoms with Crippen LogP contribution in [-0.4, -0.2) is 23.0 Å². The molecule has 0 saturated carbocycles. The van der Waals surface area contributed by atoms with Crippen molar-refractivity contribution in [1.82, 2.24) is 0 Å². The van der Waals surface area contributed by atoms with Crippen LogP contribution in [0.3, 0.4) is 0 Å². The molecule has 0 radical (unpaired) electrons. The van der Waals surface area contributed by atoms with Crippen LogP contribution in [0.15, 0.2) is 12.1 Å². The molecule has 0 bridgehead atoms. The van der Waals surface area contributed by atoms with Crippen LogP contribution >= 0.6 is 15.2 Å². The molecule has 0 aliphatic carbocycles. The monoisotopic (exact) mass is 546 g/mol. The molecule has 8 heteroatoms. The number of hydrogen-bond donors (Lipinski definition) is 2. The lowest BCUT2D eigenvalue weighted by atomic mass is 9.93. The van der Waals surface area contributed by atoms with Crippen molar-refractivity contribution in [3.8, 4) is 0 Å². The van der Waals surface area contributed by atoms with Crippen LogP contribution in [0.4, 0.5) is 0 Å². The highest BCUT2D eigenvalue weighted by Crippen LogP contribution is 2.52. The van der Waals surface area contributed by atoms with E-state index in [-0.39, 0.29) is 12.3 Å². The van der Waals surface area contributed by atoms with Crippen molar-refractivity contribution in [2.45, 2.75) is 130 Å². The normalized spacial score (nSPS) is 12.4. The van der Waals surface area contributed by atoms with Crippen molar-refractivity contribution in [3.63, 3.8) is 0 Å². The molecule has 36 heavy (non-hydrogen) atoms. The number of benzene rings is 1. The van der Waals surface area contributed by atoms with Crippen LogP contribution < -0.4 is 0 Å². The van der Waals surface area contributed by atoms with Gasteiger partial charge in [-0.15, -0.1) is 0 Å². The number of aryl methyl sites for hydroxylation is 2. The Morgan fingerprint density at radius 3 is 1.36 bits per heavy atom. The second kappa shape index (κ2) is 18.7. The summed E-state index contributed by atoms with van der Waals surface area (Å²) in [6.07, 6.45) is 15.4. The van der Waals surface area contributed by atoms with Gasteiger partial charge in [-0.1, -0.05) is 90.2 Å². The molecule has 1 aromatic carbocycles. The molecule has 0 heterocycles. The van der Waals surface area contributed by atoms with Crippen LogP contribution in [0.1, 0.15) is 127 Å². The summed E-state index contributed by atoms with van der Waals surface area (Å²) in [6, 6.07) is 4.00. The summed E-state index contributed by atoms with van der Waals surface area (Å²) in [6.45, 7) is 8.66. The fourth-order valence-corrected chi connectivity index (χ4v) is 7.19. The van der Waals surface area contributed by atoms with Gasteiger partial charge in [0.15, 0.2) is 0 Å². The molecule has 2 N–H and O–H groups in total. The van der Waals surface area contributed by atoms with Crippen molar-refractivity contribution < 1.29 is 28.0 Å². The average molecular weight is 547 g/mol. The molecule has 1 aromatic rings. The SMILES string of the molecule is CCCCCCCCc1cc(CP(=O)(OCC)OCC)c(CCCCCCCC)cc1CP(=O)(O)O. The van der Waals surface area contributed by atoms with E-state index < -0.39 is 15.2 Å². The first-order valence-electron chi connectivity index (χ1n) is 14.2. The minimum absolute atomic E-state index is 0.194. The van der Waals surface area contributed by atoms with E-state index in [0.29, 0.717) is 13.2 Å². The molecular formula is C28H52O6P2. The molecule has 6 nitrogen and oxygen atoms in total. The molecule has 0 fully saturated rings. The molecule has 0 aromatic heterocycles. The van der Waals surface area contributed by atoms with E-state index in [1.54, 1.807) is 0 Å². The van der Waals surface area contributed by atoms with Crippen LogP contribution in [-0.2, 0) is 43.3 Å². The third-order valence-electron chi connectivity index (χ3n) is 6.51. The molecule has 0 spiro atoms. The molecule has 0 unspecified atom stereocenters. The quantitative estimate of drug-likeness (QED) is 0.111. The number of hydrogen-bond acceptors (Lipinski definition) is 4. The van der Waals surface area contributed by atoms with Crippen LogP contribution in [0, 0.1) is 0 Å². The van der Waals surface area contributed by atoms with Gasteiger partial charge in [-0.05, 0) is 61.8 Å². The lowest BCUT2D eigenvalue weighted by Crippen LogP contribution is -2.06. The summed E-state index contributed by atoms with van der Waals surface area (Å²) in [4.78, 5) is 19.5. The standard InChI is InChI=1S/C28H52O6P2/c1-5-9-11-13-15-17-19-25-22-28(24-36(32,33-7-3)34-8-4)26(20-18-16-14-12-10-6-2)21-27(25)23-35(29,30)31/h21-22H,5-20,23-24H2,1-4H3,(H2,29,30,31). The molecular weight excluding hydrogens is 494 g/mol. The van der Waals surface area contributed by atoms with Gasteiger partial charge in [0.1, 0.15) is 0 Å². The van der Waals surface area contributed by atoms with Crippen molar-refractivity contribution in [1.29, 1.82) is 0 Å². The zero-order valence-corrected chi connectivity index (χ0v) is 25.1. The van der Waals surface area contributed by atoms with Gasteiger partial charge >= 0.3 is 15.2 Å². The van der Waals surface area contributed by atoms with Crippen LogP contribution in [0.5, 0.6) is 0 Å². The zero-order valence-electron chi connectivity index (χ0n) is 23.3. The molecule has 0 atom stereocenters. The Kier molecular flexibility index (Phi) is 17.4. The summed E-state index contributed by atoms with van der Waals surface area (Å²) in [7, 11) is -7.51. The predicted molar refractivity (Wildman–Crippen MR) is 151 cm³/mol. The average Bonchev–Trinajstić information content (AvgIpc) is 2.79. The molecule has 210 valence electrons. The number of unbranched alkanes of at least 4 members (excludes halogenated alkanes) is 10. The summed E-state index contributed by atoms with van der Waals surface area (Å²) in [5.74, 6) is 0. The molecule has 0 aliphatic rings. The Morgan fingerprint density at radius 1 is 0.583 bits per heavy atom. The largest absolute Gasteiger partial charge is 0.335 e. The van der Waals surface area contributed by atoms with E-state index in [1.165, 1.54) is 51.4 Å². The lowest BCUT2D eigenvalue weighted by molar-refractivity contribution is 0.219. The second-order valence-electron chi connectivity index (χ2n) is 9.85. The third kappa shape index (κ3) is 14.5.